The molecule has 1 aliphatic carbocycles. The average Bonchev–Trinajstić information content (AvgIpc) is 2.95. The smallest absolute Gasteiger partial charge is 0.244 e. The van der Waals surface area contributed by atoms with Crippen molar-refractivity contribution in [2.75, 3.05) is 12.8 Å². The van der Waals surface area contributed by atoms with Crippen molar-refractivity contribution in [3.05, 3.63) is 71.3 Å². The SMILES string of the molecule is CSc1ccc(/C=C/C(=O)NCC2(O)Cc3ccccc3C2)cc1. The number of benzene rings is 2. The van der Waals surface area contributed by atoms with Gasteiger partial charge in [-0.3, -0.25) is 4.79 Å². The van der Waals surface area contributed by atoms with Gasteiger partial charge in [-0.25, -0.2) is 0 Å². The van der Waals surface area contributed by atoms with Crippen LogP contribution in [0.1, 0.15) is 16.7 Å². The fourth-order valence-electron chi connectivity index (χ4n) is 3.00. The largest absolute Gasteiger partial charge is 0.387 e. The molecule has 2 aromatic carbocycles. The Hall–Kier alpha value is -2.04. The van der Waals surface area contributed by atoms with E-state index < -0.39 is 5.60 Å². The monoisotopic (exact) mass is 339 g/mol. The van der Waals surface area contributed by atoms with E-state index in [1.165, 1.54) is 22.1 Å². The van der Waals surface area contributed by atoms with Crippen LogP contribution in [0.4, 0.5) is 0 Å². The van der Waals surface area contributed by atoms with Crippen molar-refractivity contribution in [3.63, 3.8) is 0 Å². The van der Waals surface area contributed by atoms with Crippen LogP contribution in [0.5, 0.6) is 0 Å². The molecule has 3 rings (SSSR count). The Morgan fingerprint density at radius 1 is 1.17 bits per heavy atom. The number of rotatable bonds is 5. The van der Waals surface area contributed by atoms with Crippen molar-refractivity contribution < 1.29 is 9.90 Å². The van der Waals surface area contributed by atoms with Crippen LogP contribution < -0.4 is 5.32 Å². The van der Waals surface area contributed by atoms with Crippen LogP contribution in [0.2, 0.25) is 0 Å². The van der Waals surface area contributed by atoms with Gasteiger partial charge in [0.2, 0.25) is 5.91 Å². The Labute approximate surface area is 146 Å². The van der Waals surface area contributed by atoms with E-state index in [4.69, 9.17) is 0 Å². The van der Waals surface area contributed by atoms with Gasteiger partial charge in [-0.2, -0.15) is 0 Å². The number of carbonyl (C=O) groups is 1. The Morgan fingerprint density at radius 3 is 2.38 bits per heavy atom. The van der Waals surface area contributed by atoms with Gasteiger partial charge in [-0.1, -0.05) is 36.4 Å². The van der Waals surface area contributed by atoms with E-state index in [1.807, 2.05) is 54.8 Å². The number of carbonyl (C=O) groups excluding carboxylic acids is 1. The van der Waals surface area contributed by atoms with Gasteiger partial charge in [0, 0.05) is 30.4 Å². The van der Waals surface area contributed by atoms with Crippen LogP contribution in [-0.4, -0.2) is 29.4 Å². The molecular formula is C20H21NO2S. The Kier molecular flexibility index (Phi) is 5.07. The number of aliphatic hydroxyl groups is 1. The van der Waals surface area contributed by atoms with Crippen LogP contribution in [0.15, 0.2) is 59.5 Å². The summed E-state index contributed by atoms with van der Waals surface area (Å²) in [6.07, 6.45) is 6.50. The van der Waals surface area contributed by atoms with E-state index in [1.54, 1.807) is 17.8 Å². The summed E-state index contributed by atoms with van der Waals surface area (Å²) in [5, 5.41) is 13.5. The quantitative estimate of drug-likeness (QED) is 0.650. The topological polar surface area (TPSA) is 49.3 Å². The van der Waals surface area contributed by atoms with Gasteiger partial charge in [0.15, 0.2) is 0 Å². The van der Waals surface area contributed by atoms with Gasteiger partial charge in [0.1, 0.15) is 0 Å². The highest BCUT2D eigenvalue weighted by Crippen LogP contribution is 2.29. The highest BCUT2D eigenvalue weighted by molar-refractivity contribution is 7.98. The van der Waals surface area contributed by atoms with Crippen molar-refractivity contribution in [2.24, 2.45) is 0 Å². The maximum absolute atomic E-state index is 12.0. The van der Waals surface area contributed by atoms with E-state index in [-0.39, 0.29) is 12.5 Å². The van der Waals surface area contributed by atoms with Gasteiger partial charge < -0.3 is 10.4 Å². The first-order valence-corrected chi connectivity index (χ1v) is 9.20. The first kappa shape index (κ1) is 16.8. The highest BCUT2D eigenvalue weighted by atomic mass is 32.2. The maximum Gasteiger partial charge on any atom is 0.244 e. The molecule has 0 aromatic heterocycles. The van der Waals surface area contributed by atoms with Gasteiger partial charge in [-0.05, 0) is 41.2 Å². The lowest BCUT2D eigenvalue weighted by Gasteiger charge is -2.22. The molecule has 0 spiro atoms. The van der Waals surface area contributed by atoms with Crippen LogP contribution >= 0.6 is 11.8 Å². The van der Waals surface area contributed by atoms with Crippen molar-refractivity contribution in [1.29, 1.82) is 0 Å². The lowest BCUT2D eigenvalue weighted by Crippen LogP contribution is -2.43. The molecule has 1 aliphatic rings. The van der Waals surface area contributed by atoms with Gasteiger partial charge >= 0.3 is 0 Å². The van der Waals surface area contributed by atoms with Crippen molar-refractivity contribution in [2.45, 2.75) is 23.3 Å². The minimum Gasteiger partial charge on any atom is -0.387 e. The van der Waals surface area contributed by atoms with Crippen molar-refractivity contribution >= 4 is 23.7 Å². The maximum atomic E-state index is 12.0. The summed E-state index contributed by atoms with van der Waals surface area (Å²) in [7, 11) is 0. The minimum atomic E-state index is -0.882. The fraction of sp³-hybridized carbons (Fsp3) is 0.250. The number of amides is 1. The summed E-state index contributed by atoms with van der Waals surface area (Å²) in [4.78, 5) is 13.2. The molecule has 0 saturated heterocycles. The van der Waals surface area contributed by atoms with Crippen LogP contribution in [0.25, 0.3) is 6.08 Å². The summed E-state index contributed by atoms with van der Waals surface area (Å²) >= 11 is 1.69. The third-order valence-corrected chi connectivity index (χ3v) is 5.04. The molecule has 0 aliphatic heterocycles. The zero-order valence-electron chi connectivity index (χ0n) is 13.7. The van der Waals surface area contributed by atoms with Gasteiger partial charge in [0.25, 0.3) is 0 Å². The van der Waals surface area contributed by atoms with E-state index in [0.717, 1.165) is 5.56 Å². The van der Waals surface area contributed by atoms with Crippen LogP contribution in [0, 0.1) is 0 Å². The van der Waals surface area contributed by atoms with Crippen molar-refractivity contribution in [3.8, 4) is 0 Å². The molecule has 1 amide bonds. The predicted molar refractivity (Wildman–Crippen MR) is 99.1 cm³/mol. The number of hydrogen-bond donors (Lipinski definition) is 2. The molecule has 4 heteroatoms. The Balaban J connectivity index is 1.53. The lowest BCUT2D eigenvalue weighted by atomic mass is 10.0. The normalized spacial score (nSPS) is 15.4. The highest BCUT2D eigenvalue weighted by Gasteiger charge is 2.34. The van der Waals surface area contributed by atoms with Gasteiger partial charge in [-0.15, -0.1) is 11.8 Å². The Bertz CT molecular complexity index is 727. The molecule has 3 nitrogen and oxygen atoms in total. The molecule has 0 fully saturated rings. The minimum absolute atomic E-state index is 0.187. The zero-order chi connectivity index (χ0) is 17.0. The zero-order valence-corrected chi connectivity index (χ0v) is 14.5. The van der Waals surface area contributed by atoms with Crippen molar-refractivity contribution in [1.82, 2.24) is 5.32 Å². The number of fused-ring (bicyclic) bond motifs is 1. The standard InChI is InChI=1S/C20H21NO2S/c1-24-18-9-6-15(7-10-18)8-11-19(22)21-14-20(23)12-16-4-2-3-5-17(16)13-20/h2-11,23H,12-14H2,1H3,(H,21,22)/b11-8+. The second-order valence-corrected chi connectivity index (χ2v) is 7.05. The van der Waals surface area contributed by atoms with Gasteiger partial charge in [0.05, 0.1) is 5.60 Å². The first-order valence-electron chi connectivity index (χ1n) is 7.97. The summed E-state index contributed by atoms with van der Waals surface area (Å²) < 4.78 is 0. The number of nitrogens with one attached hydrogen (secondary N) is 1. The summed E-state index contributed by atoms with van der Waals surface area (Å²) in [5.41, 5.74) is 2.43. The van der Waals surface area contributed by atoms with E-state index in [0.29, 0.717) is 12.8 Å². The van der Waals surface area contributed by atoms with Crippen LogP contribution in [-0.2, 0) is 17.6 Å². The molecule has 24 heavy (non-hydrogen) atoms. The fourth-order valence-corrected chi connectivity index (χ4v) is 3.40. The number of thioether (sulfide) groups is 1. The lowest BCUT2D eigenvalue weighted by molar-refractivity contribution is -0.117. The molecule has 0 heterocycles. The molecule has 2 aromatic rings. The molecular weight excluding hydrogens is 318 g/mol. The molecule has 0 atom stereocenters. The first-order chi connectivity index (χ1) is 11.6. The average molecular weight is 339 g/mol. The molecule has 2 N–H and O–H groups in total. The summed E-state index contributed by atoms with van der Waals surface area (Å²) in [6, 6.07) is 16.1. The molecule has 0 radical (unpaired) electrons. The van der Waals surface area contributed by atoms with E-state index in [2.05, 4.69) is 5.32 Å². The molecule has 124 valence electrons. The number of hydrogen-bond acceptors (Lipinski definition) is 3. The summed E-state index contributed by atoms with van der Waals surface area (Å²) in [6.45, 7) is 0.260. The second-order valence-electron chi connectivity index (χ2n) is 6.17. The Morgan fingerprint density at radius 2 is 1.79 bits per heavy atom. The molecule has 0 unspecified atom stereocenters. The van der Waals surface area contributed by atoms with Crippen LogP contribution in [0.3, 0.4) is 0 Å². The molecule has 0 saturated carbocycles. The third kappa shape index (κ3) is 4.08. The third-order valence-electron chi connectivity index (χ3n) is 4.29. The molecule has 0 bridgehead atoms. The van der Waals surface area contributed by atoms with E-state index >= 15 is 0 Å². The summed E-state index contributed by atoms with van der Waals surface area (Å²) in [5.74, 6) is -0.187. The predicted octanol–water partition coefficient (Wildman–Crippen LogP) is 3.07. The van der Waals surface area contributed by atoms with E-state index in [9.17, 15) is 9.90 Å². The second kappa shape index (κ2) is 7.24.